The van der Waals surface area contributed by atoms with E-state index in [2.05, 4.69) is 5.32 Å². The van der Waals surface area contributed by atoms with Crippen molar-refractivity contribution in [3.05, 3.63) is 64.7 Å². The van der Waals surface area contributed by atoms with Gasteiger partial charge in [0.15, 0.2) is 0 Å². The molecule has 0 radical (unpaired) electrons. The molecule has 0 aliphatic rings. The molecule has 2 aromatic carbocycles. The number of hydrogen-bond acceptors (Lipinski definition) is 3. The molecule has 0 saturated heterocycles. The highest BCUT2D eigenvalue weighted by Gasteiger charge is 2.11. The van der Waals surface area contributed by atoms with Gasteiger partial charge >= 0.3 is 6.03 Å². The molecule has 25 heavy (non-hydrogen) atoms. The number of nitrogens with one attached hydrogen (secondary N) is 1. The summed E-state index contributed by atoms with van der Waals surface area (Å²) >= 11 is 5.82. The van der Waals surface area contributed by atoms with Crippen LogP contribution < -0.4 is 15.8 Å². The second kappa shape index (κ2) is 8.94. The van der Waals surface area contributed by atoms with E-state index in [0.29, 0.717) is 36.0 Å². The lowest BCUT2D eigenvalue weighted by atomic mass is 10.1. The van der Waals surface area contributed by atoms with Crippen LogP contribution >= 0.6 is 11.6 Å². The molecular weight excluding hydrogens is 342 g/mol. The van der Waals surface area contributed by atoms with Gasteiger partial charge in [-0.1, -0.05) is 23.7 Å². The van der Waals surface area contributed by atoms with Crippen LogP contribution in [0.25, 0.3) is 0 Å². The summed E-state index contributed by atoms with van der Waals surface area (Å²) < 4.78 is 5.59. The molecule has 2 rings (SSSR count). The highest BCUT2D eigenvalue weighted by atomic mass is 35.5. The summed E-state index contributed by atoms with van der Waals surface area (Å²) in [6.07, 6.45) is 0. The number of amides is 3. The number of ether oxygens (including phenoxy) is 1. The van der Waals surface area contributed by atoms with Crippen molar-refractivity contribution < 1.29 is 14.3 Å². The third-order valence-electron chi connectivity index (χ3n) is 3.52. The van der Waals surface area contributed by atoms with Crippen molar-refractivity contribution in [2.75, 3.05) is 20.2 Å². The number of benzene rings is 2. The maximum absolute atomic E-state index is 12.4. The molecule has 0 aliphatic carbocycles. The van der Waals surface area contributed by atoms with E-state index in [1.54, 1.807) is 60.5 Å². The van der Waals surface area contributed by atoms with Crippen LogP contribution in [0, 0.1) is 0 Å². The van der Waals surface area contributed by atoms with Crippen molar-refractivity contribution in [1.82, 2.24) is 10.2 Å². The molecule has 0 saturated carbocycles. The number of nitrogens with zero attached hydrogens (tertiary/aromatic N) is 1. The van der Waals surface area contributed by atoms with Crippen molar-refractivity contribution in [3.63, 3.8) is 0 Å². The number of urea groups is 1. The summed E-state index contributed by atoms with van der Waals surface area (Å²) in [5.74, 6) is 0.602. The van der Waals surface area contributed by atoms with Crippen molar-refractivity contribution in [3.8, 4) is 5.75 Å². The maximum Gasteiger partial charge on any atom is 0.312 e. The van der Waals surface area contributed by atoms with Gasteiger partial charge in [-0.15, -0.1) is 0 Å². The average molecular weight is 362 g/mol. The Morgan fingerprint density at radius 1 is 1.12 bits per heavy atom. The summed E-state index contributed by atoms with van der Waals surface area (Å²) in [4.78, 5) is 24.7. The fourth-order valence-corrected chi connectivity index (χ4v) is 2.23. The minimum atomic E-state index is -0.583. The Labute approximate surface area is 151 Å². The van der Waals surface area contributed by atoms with Crippen LogP contribution in [0.2, 0.25) is 5.02 Å². The first-order valence-corrected chi connectivity index (χ1v) is 8.09. The molecular formula is C18H20ClN3O3. The Morgan fingerprint density at radius 3 is 2.36 bits per heavy atom. The van der Waals surface area contributed by atoms with Gasteiger partial charge in [-0.05, 0) is 42.0 Å². The van der Waals surface area contributed by atoms with Crippen molar-refractivity contribution in [2.45, 2.75) is 6.54 Å². The van der Waals surface area contributed by atoms with Gasteiger partial charge in [0.05, 0.1) is 6.54 Å². The Bertz CT molecular complexity index is 717. The molecule has 0 spiro atoms. The Balaban J connectivity index is 1.82. The fourth-order valence-electron chi connectivity index (χ4n) is 2.11. The first-order chi connectivity index (χ1) is 12.0. The van der Waals surface area contributed by atoms with E-state index in [-0.39, 0.29) is 5.91 Å². The zero-order valence-corrected chi connectivity index (χ0v) is 14.6. The van der Waals surface area contributed by atoms with Crippen molar-refractivity contribution >= 4 is 23.5 Å². The molecule has 3 N–H and O–H groups in total. The Hall–Kier alpha value is -2.73. The predicted molar refractivity (Wildman–Crippen MR) is 96.8 cm³/mol. The molecule has 0 fully saturated rings. The van der Waals surface area contributed by atoms with E-state index in [9.17, 15) is 9.59 Å². The smallest absolute Gasteiger partial charge is 0.312 e. The number of likely N-dealkylation sites (N-methyl/N-ethyl adjacent to an activating group) is 1. The van der Waals surface area contributed by atoms with Gasteiger partial charge in [-0.3, -0.25) is 4.79 Å². The monoisotopic (exact) mass is 361 g/mol. The summed E-state index contributed by atoms with van der Waals surface area (Å²) in [5.41, 5.74) is 6.46. The van der Waals surface area contributed by atoms with E-state index in [4.69, 9.17) is 22.1 Å². The molecule has 0 bridgehead atoms. The van der Waals surface area contributed by atoms with Gasteiger partial charge < -0.3 is 20.7 Å². The summed E-state index contributed by atoms with van der Waals surface area (Å²) in [6.45, 7) is 1.16. The lowest BCUT2D eigenvalue weighted by Crippen LogP contribution is -2.31. The van der Waals surface area contributed by atoms with Crippen LogP contribution in [0.3, 0.4) is 0 Å². The zero-order chi connectivity index (χ0) is 18.2. The number of carbonyl (C=O) groups excluding carboxylic acids is 2. The number of carbonyl (C=O) groups is 2. The van der Waals surface area contributed by atoms with Gasteiger partial charge in [0.25, 0.3) is 5.91 Å². The minimum Gasteiger partial charge on any atom is -0.492 e. The van der Waals surface area contributed by atoms with Gasteiger partial charge in [0.1, 0.15) is 12.4 Å². The van der Waals surface area contributed by atoms with Gasteiger partial charge in [-0.25, -0.2) is 4.79 Å². The summed E-state index contributed by atoms with van der Waals surface area (Å²) in [6, 6.07) is 13.5. The Morgan fingerprint density at radius 2 is 1.76 bits per heavy atom. The third kappa shape index (κ3) is 6.00. The van der Waals surface area contributed by atoms with Crippen LogP contribution in [0.15, 0.2) is 48.5 Å². The third-order valence-corrected chi connectivity index (χ3v) is 3.78. The lowest BCUT2D eigenvalue weighted by Gasteiger charge is -2.18. The SMILES string of the molecule is CN(CCOc1ccc(Cl)cc1)C(=O)c1ccc(CNC(N)=O)cc1. The second-order valence-corrected chi connectivity index (χ2v) is 5.88. The molecule has 0 unspecified atom stereocenters. The highest BCUT2D eigenvalue weighted by molar-refractivity contribution is 6.30. The Kier molecular flexibility index (Phi) is 6.65. The molecule has 0 heterocycles. The van der Waals surface area contributed by atoms with Crippen LogP contribution in [-0.2, 0) is 6.54 Å². The first kappa shape index (κ1) is 18.6. The molecule has 0 atom stereocenters. The molecule has 0 aliphatic heterocycles. The van der Waals surface area contributed by atoms with Crippen LogP contribution in [0.5, 0.6) is 5.75 Å². The van der Waals surface area contributed by atoms with Gasteiger partial charge in [0.2, 0.25) is 0 Å². The van der Waals surface area contributed by atoms with Gasteiger partial charge in [-0.2, -0.15) is 0 Å². The van der Waals surface area contributed by atoms with Gasteiger partial charge in [0, 0.05) is 24.2 Å². The van der Waals surface area contributed by atoms with E-state index in [1.807, 2.05) is 0 Å². The lowest BCUT2D eigenvalue weighted by molar-refractivity contribution is 0.0773. The van der Waals surface area contributed by atoms with Crippen LogP contribution in [0.4, 0.5) is 4.79 Å². The number of primary amides is 1. The molecule has 2 aromatic rings. The summed E-state index contributed by atoms with van der Waals surface area (Å²) in [7, 11) is 1.72. The topological polar surface area (TPSA) is 84.7 Å². The molecule has 132 valence electrons. The molecule has 3 amide bonds. The maximum atomic E-state index is 12.4. The van der Waals surface area contributed by atoms with E-state index < -0.39 is 6.03 Å². The number of rotatable bonds is 7. The zero-order valence-electron chi connectivity index (χ0n) is 13.9. The summed E-state index contributed by atoms with van der Waals surface area (Å²) in [5, 5.41) is 3.15. The normalized spacial score (nSPS) is 10.2. The quantitative estimate of drug-likeness (QED) is 0.795. The minimum absolute atomic E-state index is 0.103. The predicted octanol–water partition coefficient (Wildman–Crippen LogP) is 2.66. The molecule has 6 nitrogen and oxygen atoms in total. The highest BCUT2D eigenvalue weighted by Crippen LogP contribution is 2.15. The van der Waals surface area contributed by atoms with Crippen LogP contribution in [-0.4, -0.2) is 37.0 Å². The van der Waals surface area contributed by atoms with Crippen LogP contribution in [0.1, 0.15) is 15.9 Å². The van der Waals surface area contributed by atoms with E-state index >= 15 is 0 Å². The number of nitrogens with two attached hydrogens (primary N) is 1. The fraction of sp³-hybridized carbons (Fsp3) is 0.222. The average Bonchev–Trinajstić information content (AvgIpc) is 2.61. The van der Waals surface area contributed by atoms with E-state index in [1.165, 1.54) is 0 Å². The van der Waals surface area contributed by atoms with Crippen molar-refractivity contribution in [1.29, 1.82) is 0 Å². The second-order valence-electron chi connectivity index (χ2n) is 5.44. The molecule has 0 aromatic heterocycles. The molecule has 7 heteroatoms. The number of hydrogen-bond donors (Lipinski definition) is 2. The largest absolute Gasteiger partial charge is 0.492 e. The first-order valence-electron chi connectivity index (χ1n) is 7.72. The number of halogens is 1. The standard InChI is InChI=1S/C18H20ClN3O3/c1-22(10-11-25-16-8-6-15(19)7-9-16)17(23)14-4-2-13(3-5-14)12-21-18(20)24/h2-9H,10-12H2,1H3,(H3,20,21,24). The van der Waals surface area contributed by atoms with E-state index in [0.717, 1.165) is 5.56 Å². The van der Waals surface area contributed by atoms with Crippen molar-refractivity contribution in [2.24, 2.45) is 5.73 Å².